The maximum absolute atomic E-state index is 14.0. The predicted molar refractivity (Wildman–Crippen MR) is 136 cm³/mol. The molecule has 7 nitrogen and oxygen atoms in total. The van der Waals surface area contributed by atoms with Crippen LogP contribution in [-0.4, -0.2) is 51.4 Å². The summed E-state index contributed by atoms with van der Waals surface area (Å²) < 4.78 is 21.9. The lowest BCUT2D eigenvalue weighted by atomic mass is 9.97. The molecule has 2 saturated heterocycles. The maximum Gasteiger partial charge on any atom is 0.166 e. The van der Waals surface area contributed by atoms with Gasteiger partial charge in [-0.25, -0.2) is 9.37 Å². The molecule has 0 saturated carbocycles. The fourth-order valence-corrected chi connectivity index (χ4v) is 5.80. The van der Waals surface area contributed by atoms with Crippen molar-refractivity contribution in [1.82, 2.24) is 25.0 Å². The zero-order valence-electron chi connectivity index (χ0n) is 19.6. The summed E-state index contributed by atoms with van der Waals surface area (Å²) in [4.78, 5) is 6.80. The number of hydrogen-bond donors (Lipinski definition) is 2. The molecular weight excluding hydrogens is 490 g/mol. The van der Waals surface area contributed by atoms with Gasteiger partial charge in [0.2, 0.25) is 0 Å². The highest BCUT2D eigenvalue weighted by molar-refractivity contribution is 6.36. The number of hydrogen-bond acceptors (Lipinski definition) is 6. The van der Waals surface area contributed by atoms with Gasteiger partial charge in [0.15, 0.2) is 11.6 Å². The average molecular weight is 519 g/mol. The van der Waals surface area contributed by atoms with E-state index in [1.54, 1.807) is 19.2 Å². The molecule has 2 unspecified atom stereocenters. The van der Waals surface area contributed by atoms with E-state index in [0.29, 0.717) is 21.9 Å². The van der Waals surface area contributed by atoms with Crippen LogP contribution in [0, 0.1) is 5.82 Å². The van der Waals surface area contributed by atoms with E-state index in [1.165, 1.54) is 31.4 Å². The van der Waals surface area contributed by atoms with Crippen molar-refractivity contribution in [1.29, 1.82) is 0 Å². The standard InChI is InChI=1S/C25H29Cl2FN6O/c1-16(22-19(26)3-4-20(28)23(22)27)35-21-11-17(12-30-24(21)29)18-13-32-34(14-18)10-9-33-8-6-25(15-33)5-2-7-31-25/h3-4,11-14,16,31H,2,5-10,15H2,1H3,(H2,29,30). The molecule has 2 fully saturated rings. The number of halogens is 3. The molecule has 4 heterocycles. The van der Waals surface area contributed by atoms with Crippen molar-refractivity contribution in [3.63, 3.8) is 0 Å². The van der Waals surface area contributed by atoms with E-state index >= 15 is 0 Å². The van der Waals surface area contributed by atoms with Gasteiger partial charge in [-0.2, -0.15) is 5.10 Å². The Hall–Kier alpha value is -2.39. The molecule has 35 heavy (non-hydrogen) atoms. The number of nitrogens with one attached hydrogen (secondary N) is 1. The third-order valence-corrected chi connectivity index (χ3v) is 7.76. The highest BCUT2D eigenvalue weighted by atomic mass is 35.5. The molecule has 1 aromatic carbocycles. The molecule has 186 valence electrons. The summed E-state index contributed by atoms with van der Waals surface area (Å²) in [6, 6.07) is 4.48. The largest absolute Gasteiger partial charge is 0.482 e. The normalized spacial score (nSPS) is 21.1. The van der Waals surface area contributed by atoms with E-state index in [9.17, 15) is 4.39 Å². The molecule has 0 bridgehead atoms. The number of anilines is 1. The Morgan fingerprint density at radius 2 is 2.09 bits per heavy atom. The second-order valence-electron chi connectivity index (χ2n) is 9.45. The van der Waals surface area contributed by atoms with Gasteiger partial charge in [-0.15, -0.1) is 0 Å². The third kappa shape index (κ3) is 5.11. The van der Waals surface area contributed by atoms with E-state index in [1.807, 2.05) is 17.1 Å². The SMILES string of the molecule is CC(Oc1cc(-c2cnn(CCN3CCC4(CCCN4)C3)c2)cnc1N)c1c(Cl)ccc(F)c1Cl. The molecule has 2 aliphatic rings. The molecule has 2 aliphatic heterocycles. The first-order valence-corrected chi connectivity index (χ1v) is 12.6. The summed E-state index contributed by atoms with van der Waals surface area (Å²) in [6.07, 6.45) is 8.64. The van der Waals surface area contributed by atoms with Crippen molar-refractivity contribution < 1.29 is 9.13 Å². The lowest BCUT2D eigenvalue weighted by Gasteiger charge is -2.24. The van der Waals surface area contributed by atoms with Crippen molar-refractivity contribution in [3.8, 4) is 16.9 Å². The van der Waals surface area contributed by atoms with Gasteiger partial charge in [-0.05, 0) is 50.9 Å². The summed E-state index contributed by atoms with van der Waals surface area (Å²) in [7, 11) is 0. The van der Waals surface area contributed by atoms with Crippen LogP contribution in [-0.2, 0) is 6.54 Å². The molecular formula is C25H29Cl2FN6O. The number of ether oxygens (including phenoxy) is 1. The quantitative estimate of drug-likeness (QED) is 0.431. The van der Waals surface area contributed by atoms with E-state index in [2.05, 4.69) is 20.3 Å². The molecule has 2 aromatic heterocycles. The second-order valence-corrected chi connectivity index (χ2v) is 10.2. The van der Waals surface area contributed by atoms with Crippen LogP contribution in [0.1, 0.15) is 37.9 Å². The first kappa shape index (κ1) is 24.3. The lowest BCUT2D eigenvalue weighted by molar-refractivity contribution is 0.227. The molecule has 0 radical (unpaired) electrons. The summed E-state index contributed by atoms with van der Waals surface area (Å²) >= 11 is 12.4. The van der Waals surface area contributed by atoms with Crippen LogP contribution in [0.5, 0.6) is 5.75 Å². The topological polar surface area (TPSA) is 81.2 Å². The van der Waals surface area contributed by atoms with Gasteiger partial charge in [-0.3, -0.25) is 9.58 Å². The van der Waals surface area contributed by atoms with Gasteiger partial charge in [-0.1, -0.05) is 23.2 Å². The Labute approximate surface area is 214 Å². The maximum atomic E-state index is 14.0. The number of nitrogens with two attached hydrogens (primary N) is 1. The van der Waals surface area contributed by atoms with Crippen molar-refractivity contribution in [3.05, 3.63) is 58.2 Å². The second kappa shape index (κ2) is 9.93. The number of nitrogens with zero attached hydrogens (tertiary/aromatic N) is 4. The molecule has 3 aromatic rings. The van der Waals surface area contributed by atoms with Crippen LogP contribution in [0.2, 0.25) is 10.0 Å². The lowest BCUT2D eigenvalue weighted by Crippen LogP contribution is -2.42. The van der Waals surface area contributed by atoms with Gasteiger partial charge in [0, 0.05) is 59.3 Å². The Bertz CT molecular complexity index is 1210. The molecule has 3 N–H and O–H groups in total. The smallest absolute Gasteiger partial charge is 0.166 e. The molecule has 1 spiro atoms. The first-order chi connectivity index (χ1) is 16.8. The van der Waals surface area contributed by atoms with Crippen LogP contribution < -0.4 is 15.8 Å². The Balaban J connectivity index is 1.26. The van der Waals surface area contributed by atoms with Crippen molar-refractivity contribution in [2.45, 2.75) is 44.4 Å². The molecule has 5 rings (SSSR count). The minimum absolute atomic E-state index is 0.0680. The zero-order chi connectivity index (χ0) is 24.6. The van der Waals surface area contributed by atoms with Gasteiger partial charge < -0.3 is 15.8 Å². The van der Waals surface area contributed by atoms with Gasteiger partial charge in [0.05, 0.1) is 17.8 Å². The van der Waals surface area contributed by atoms with E-state index in [0.717, 1.165) is 43.9 Å². The fraction of sp³-hybridized carbons (Fsp3) is 0.440. The van der Waals surface area contributed by atoms with Crippen molar-refractivity contribution in [2.75, 3.05) is 31.9 Å². The summed E-state index contributed by atoms with van der Waals surface area (Å²) in [5, 5.41) is 8.49. The van der Waals surface area contributed by atoms with Crippen LogP contribution in [0.25, 0.3) is 11.1 Å². The van der Waals surface area contributed by atoms with Crippen molar-refractivity contribution in [2.24, 2.45) is 0 Å². The third-order valence-electron chi connectivity index (χ3n) is 7.05. The van der Waals surface area contributed by atoms with Crippen molar-refractivity contribution >= 4 is 29.0 Å². The average Bonchev–Trinajstić information content (AvgIpc) is 3.59. The van der Waals surface area contributed by atoms with E-state index in [4.69, 9.17) is 33.7 Å². The van der Waals surface area contributed by atoms with Crippen LogP contribution in [0.3, 0.4) is 0 Å². The van der Waals surface area contributed by atoms with Gasteiger partial charge >= 0.3 is 0 Å². The predicted octanol–water partition coefficient (Wildman–Crippen LogP) is 4.94. The molecule has 0 aliphatic carbocycles. The first-order valence-electron chi connectivity index (χ1n) is 11.9. The van der Waals surface area contributed by atoms with Gasteiger partial charge in [0.1, 0.15) is 11.9 Å². The monoisotopic (exact) mass is 518 g/mol. The number of pyridine rings is 1. The van der Waals surface area contributed by atoms with Crippen LogP contribution in [0.4, 0.5) is 10.2 Å². The minimum atomic E-state index is -0.633. The fourth-order valence-electron chi connectivity index (χ4n) is 5.12. The number of benzene rings is 1. The van der Waals surface area contributed by atoms with E-state index in [-0.39, 0.29) is 10.8 Å². The molecule has 0 amide bonds. The number of aromatic nitrogens is 3. The Morgan fingerprint density at radius 1 is 1.23 bits per heavy atom. The number of likely N-dealkylation sites (tertiary alicyclic amines) is 1. The number of nitrogen functional groups attached to an aromatic ring is 1. The summed E-state index contributed by atoms with van der Waals surface area (Å²) in [5.41, 5.74) is 8.49. The zero-order valence-corrected chi connectivity index (χ0v) is 21.1. The van der Waals surface area contributed by atoms with Gasteiger partial charge in [0.25, 0.3) is 0 Å². The Morgan fingerprint density at radius 3 is 2.89 bits per heavy atom. The Kier molecular flexibility index (Phi) is 6.90. The molecule has 10 heteroatoms. The van der Waals surface area contributed by atoms with Crippen LogP contribution >= 0.6 is 23.2 Å². The van der Waals surface area contributed by atoms with Crippen LogP contribution in [0.15, 0.2) is 36.8 Å². The molecule has 2 atom stereocenters. The summed E-state index contributed by atoms with van der Waals surface area (Å²) in [5.74, 6) is 0.0306. The number of rotatable bonds is 7. The minimum Gasteiger partial charge on any atom is -0.482 e. The highest BCUT2D eigenvalue weighted by Crippen LogP contribution is 2.37. The summed E-state index contributed by atoms with van der Waals surface area (Å²) in [6.45, 7) is 6.89. The highest BCUT2D eigenvalue weighted by Gasteiger charge is 2.39. The van der Waals surface area contributed by atoms with E-state index < -0.39 is 11.9 Å².